The Kier molecular flexibility index (Phi) is 6.58. The predicted octanol–water partition coefficient (Wildman–Crippen LogP) is 4.07. The van der Waals surface area contributed by atoms with E-state index in [1.54, 1.807) is 23.1 Å². The third-order valence-corrected chi connectivity index (χ3v) is 5.19. The predicted molar refractivity (Wildman–Crippen MR) is 109 cm³/mol. The first-order valence-corrected chi connectivity index (χ1v) is 9.55. The number of aldehydes is 1. The summed E-state index contributed by atoms with van der Waals surface area (Å²) in [6, 6.07) is 13.8. The lowest BCUT2D eigenvalue weighted by Crippen LogP contribution is -2.42. The number of amides is 1. The number of benzene rings is 2. The first-order chi connectivity index (χ1) is 13.6. The summed E-state index contributed by atoms with van der Waals surface area (Å²) in [6.07, 6.45) is 4.13. The molecule has 146 valence electrons. The van der Waals surface area contributed by atoms with Crippen LogP contribution in [0.15, 0.2) is 61.2 Å². The molecule has 0 aromatic heterocycles. The molecule has 1 heterocycles. The van der Waals surface area contributed by atoms with Gasteiger partial charge in [0.2, 0.25) is 5.91 Å². The second kappa shape index (κ2) is 9.31. The van der Waals surface area contributed by atoms with Crippen molar-refractivity contribution < 1.29 is 14.0 Å². The third kappa shape index (κ3) is 4.85. The molecule has 0 bridgehead atoms. The van der Waals surface area contributed by atoms with Crippen molar-refractivity contribution in [2.75, 3.05) is 24.5 Å². The van der Waals surface area contributed by atoms with E-state index in [9.17, 15) is 14.0 Å². The van der Waals surface area contributed by atoms with Crippen molar-refractivity contribution in [1.29, 1.82) is 0 Å². The van der Waals surface area contributed by atoms with Gasteiger partial charge in [0, 0.05) is 43.3 Å². The van der Waals surface area contributed by atoms with Crippen LogP contribution in [0.1, 0.15) is 28.8 Å². The molecule has 0 unspecified atom stereocenters. The lowest BCUT2D eigenvalue weighted by molar-refractivity contribution is -0.136. The van der Waals surface area contributed by atoms with Gasteiger partial charge >= 0.3 is 0 Å². The van der Waals surface area contributed by atoms with Crippen molar-refractivity contribution in [3.63, 3.8) is 0 Å². The summed E-state index contributed by atoms with van der Waals surface area (Å²) in [5, 5.41) is 0. The SMILES string of the molecule is C=CCN(Cc1ccc(F)cc1)C(=O)C1CCN(c2ccc(C=O)cc2)CC1. The fourth-order valence-electron chi connectivity index (χ4n) is 3.61. The standard InChI is InChI=1S/C23H25FN2O2/c1-2-13-26(16-18-3-7-21(24)8-4-18)23(28)20-11-14-25(15-12-20)22-9-5-19(17-27)6-10-22/h2-10,17,20H,1,11-16H2. The highest BCUT2D eigenvalue weighted by Crippen LogP contribution is 2.25. The van der Waals surface area contributed by atoms with Crippen LogP contribution in [-0.2, 0) is 11.3 Å². The molecule has 5 heteroatoms. The molecule has 0 saturated carbocycles. The maximum absolute atomic E-state index is 13.1. The highest BCUT2D eigenvalue weighted by Gasteiger charge is 2.28. The molecule has 3 rings (SSSR count). The van der Waals surface area contributed by atoms with E-state index < -0.39 is 0 Å². The van der Waals surface area contributed by atoms with Crippen LogP contribution in [0, 0.1) is 11.7 Å². The number of nitrogens with zero attached hydrogens (tertiary/aromatic N) is 2. The van der Waals surface area contributed by atoms with Gasteiger partial charge in [0.15, 0.2) is 0 Å². The number of anilines is 1. The average Bonchev–Trinajstić information content (AvgIpc) is 2.74. The summed E-state index contributed by atoms with van der Waals surface area (Å²) >= 11 is 0. The molecule has 2 aromatic carbocycles. The van der Waals surface area contributed by atoms with E-state index in [4.69, 9.17) is 0 Å². The maximum atomic E-state index is 13.1. The Hall–Kier alpha value is -2.95. The van der Waals surface area contributed by atoms with Crippen LogP contribution < -0.4 is 4.90 Å². The van der Waals surface area contributed by atoms with Gasteiger partial charge in [-0.3, -0.25) is 9.59 Å². The molecule has 0 radical (unpaired) electrons. The fraction of sp³-hybridized carbons (Fsp3) is 0.304. The number of rotatable bonds is 7. The molecule has 1 saturated heterocycles. The number of hydrogen-bond donors (Lipinski definition) is 0. The summed E-state index contributed by atoms with van der Waals surface area (Å²) in [7, 11) is 0. The molecular weight excluding hydrogens is 355 g/mol. The number of hydrogen-bond acceptors (Lipinski definition) is 3. The second-order valence-electron chi connectivity index (χ2n) is 7.10. The Morgan fingerprint density at radius 1 is 1.11 bits per heavy atom. The molecule has 0 spiro atoms. The zero-order valence-electron chi connectivity index (χ0n) is 15.9. The van der Waals surface area contributed by atoms with Crippen molar-refractivity contribution in [1.82, 2.24) is 4.90 Å². The lowest BCUT2D eigenvalue weighted by Gasteiger charge is -2.35. The van der Waals surface area contributed by atoms with E-state index in [1.165, 1.54) is 12.1 Å². The van der Waals surface area contributed by atoms with Crippen molar-refractivity contribution in [2.45, 2.75) is 19.4 Å². The molecule has 4 nitrogen and oxygen atoms in total. The molecule has 1 amide bonds. The highest BCUT2D eigenvalue weighted by molar-refractivity contribution is 5.79. The Morgan fingerprint density at radius 2 is 1.75 bits per heavy atom. The minimum atomic E-state index is -0.279. The van der Waals surface area contributed by atoms with Crippen LogP contribution in [0.3, 0.4) is 0 Å². The number of halogens is 1. The van der Waals surface area contributed by atoms with Crippen LogP contribution in [-0.4, -0.2) is 36.7 Å². The van der Waals surface area contributed by atoms with Gasteiger partial charge in [0.05, 0.1) is 0 Å². The summed E-state index contributed by atoms with van der Waals surface area (Å²) in [5.41, 5.74) is 2.64. The summed E-state index contributed by atoms with van der Waals surface area (Å²) in [4.78, 5) is 27.9. The van der Waals surface area contributed by atoms with Crippen molar-refractivity contribution in [2.24, 2.45) is 5.92 Å². The quantitative estimate of drug-likeness (QED) is 0.537. The zero-order valence-corrected chi connectivity index (χ0v) is 15.9. The van der Waals surface area contributed by atoms with Gasteiger partial charge in [-0.05, 0) is 54.8 Å². The van der Waals surface area contributed by atoms with Crippen molar-refractivity contribution in [3.05, 3.63) is 78.1 Å². The number of carbonyl (C=O) groups is 2. The Balaban J connectivity index is 1.60. The van der Waals surface area contributed by atoms with Crippen LogP contribution in [0.2, 0.25) is 0 Å². The Labute approximate surface area is 165 Å². The molecule has 28 heavy (non-hydrogen) atoms. The smallest absolute Gasteiger partial charge is 0.226 e. The minimum Gasteiger partial charge on any atom is -0.371 e. The van der Waals surface area contributed by atoms with E-state index in [0.29, 0.717) is 18.7 Å². The minimum absolute atomic E-state index is 0.0223. The molecule has 1 aliphatic rings. The molecule has 1 fully saturated rings. The third-order valence-electron chi connectivity index (χ3n) is 5.19. The van der Waals surface area contributed by atoms with Gasteiger partial charge in [-0.25, -0.2) is 4.39 Å². The summed E-state index contributed by atoms with van der Waals surface area (Å²) < 4.78 is 13.1. The number of piperidine rings is 1. The lowest BCUT2D eigenvalue weighted by atomic mass is 9.94. The van der Waals surface area contributed by atoms with E-state index >= 15 is 0 Å². The van der Waals surface area contributed by atoms with Gasteiger partial charge in [0.25, 0.3) is 0 Å². The van der Waals surface area contributed by atoms with Crippen molar-refractivity contribution in [3.8, 4) is 0 Å². The van der Waals surface area contributed by atoms with Crippen LogP contribution in [0.25, 0.3) is 0 Å². The first kappa shape index (κ1) is 19.8. The summed E-state index contributed by atoms with van der Waals surface area (Å²) in [5.74, 6) is -0.176. The van der Waals surface area contributed by atoms with Crippen LogP contribution in [0.5, 0.6) is 0 Å². The second-order valence-corrected chi connectivity index (χ2v) is 7.10. The largest absolute Gasteiger partial charge is 0.371 e. The van der Waals surface area contributed by atoms with Gasteiger partial charge in [-0.15, -0.1) is 6.58 Å². The zero-order chi connectivity index (χ0) is 19.9. The molecular formula is C23H25FN2O2. The van der Waals surface area contributed by atoms with Gasteiger partial charge in [0.1, 0.15) is 12.1 Å². The van der Waals surface area contributed by atoms with Gasteiger partial charge < -0.3 is 9.80 Å². The summed E-state index contributed by atoms with van der Waals surface area (Å²) in [6.45, 7) is 6.30. The van der Waals surface area contributed by atoms with Crippen LogP contribution >= 0.6 is 0 Å². The first-order valence-electron chi connectivity index (χ1n) is 9.55. The van der Waals surface area contributed by atoms with Gasteiger partial charge in [-0.1, -0.05) is 18.2 Å². The molecule has 0 atom stereocenters. The Bertz CT molecular complexity index is 810. The number of carbonyl (C=O) groups excluding carboxylic acids is 2. The molecule has 2 aromatic rings. The fourth-order valence-corrected chi connectivity index (χ4v) is 3.61. The Morgan fingerprint density at radius 3 is 2.32 bits per heavy atom. The van der Waals surface area contributed by atoms with Crippen LogP contribution in [0.4, 0.5) is 10.1 Å². The maximum Gasteiger partial charge on any atom is 0.226 e. The van der Waals surface area contributed by atoms with E-state index in [2.05, 4.69) is 11.5 Å². The van der Waals surface area contributed by atoms with E-state index in [-0.39, 0.29) is 17.6 Å². The molecule has 0 aliphatic carbocycles. The van der Waals surface area contributed by atoms with Gasteiger partial charge in [-0.2, -0.15) is 0 Å². The monoisotopic (exact) mass is 380 g/mol. The van der Waals surface area contributed by atoms with Crippen molar-refractivity contribution >= 4 is 17.9 Å². The normalized spacial score (nSPS) is 14.5. The molecule has 0 N–H and O–H groups in total. The average molecular weight is 380 g/mol. The van der Waals surface area contributed by atoms with E-state index in [1.807, 2.05) is 24.3 Å². The molecule has 1 aliphatic heterocycles. The highest BCUT2D eigenvalue weighted by atomic mass is 19.1. The topological polar surface area (TPSA) is 40.6 Å². The van der Waals surface area contributed by atoms with E-state index in [0.717, 1.165) is 43.5 Å².